The summed E-state index contributed by atoms with van der Waals surface area (Å²) >= 11 is 0. The van der Waals surface area contributed by atoms with Crippen molar-refractivity contribution in [2.24, 2.45) is 10.7 Å². The molecule has 0 saturated carbocycles. The third-order valence-electron chi connectivity index (χ3n) is 3.98. The van der Waals surface area contributed by atoms with Gasteiger partial charge in [0.15, 0.2) is 5.96 Å². The molecule has 0 unspecified atom stereocenters. The molecule has 132 valence electrons. The molecule has 0 spiro atoms. The summed E-state index contributed by atoms with van der Waals surface area (Å²) in [7, 11) is -3.38. The van der Waals surface area contributed by atoms with E-state index in [1.54, 1.807) is 36.5 Å². The molecule has 3 rings (SSSR count). The highest BCUT2D eigenvalue weighted by atomic mass is 32.2. The predicted octanol–water partition coefficient (Wildman–Crippen LogP) is 1.79. The van der Waals surface area contributed by atoms with Crippen LogP contribution in [0.2, 0.25) is 0 Å². The van der Waals surface area contributed by atoms with Crippen LogP contribution in [0.25, 0.3) is 0 Å². The van der Waals surface area contributed by atoms with Gasteiger partial charge in [0.05, 0.1) is 11.4 Å². The van der Waals surface area contributed by atoms with Crippen LogP contribution >= 0.6 is 0 Å². The van der Waals surface area contributed by atoms with Gasteiger partial charge in [-0.2, -0.15) is 4.31 Å². The molecule has 0 aliphatic carbocycles. The number of nitrogens with one attached hydrogen (secondary N) is 1. The lowest BCUT2D eigenvalue weighted by atomic mass is 10.2. The molecule has 3 N–H and O–H groups in total. The second-order valence-corrected chi connectivity index (χ2v) is 7.73. The molecule has 8 heteroatoms. The van der Waals surface area contributed by atoms with Crippen molar-refractivity contribution in [1.29, 1.82) is 0 Å². The summed E-state index contributed by atoms with van der Waals surface area (Å²) in [4.78, 5) is 8.67. The number of guanidine groups is 1. The zero-order valence-electron chi connectivity index (χ0n) is 13.8. The molecule has 7 nitrogen and oxygen atoms in total. The van der Waals surface area contributed by atoms with Gasteiger partial charge in [-0.15, -0.1) is 0 Å². The van der Waals surface area contributed by atoms with Gasteiger partial charge in [0, 0.05) is 19.3 Å². The molecule has 0 atom stereocenters. The maximum absolute atomic E-state index is 12.5. The summed E-state index contributed by atoms with van der Waals surface area (Å²) in [6, 6.07) is 12.2. The van der Waals surface area contributed by atoms with Crippen molar-refractivity contribution < 1.29 is 8.42 Å². The highest BCUT2D eigenvalue weighted by Crippen LogP contribution is 2.21. The number of nitrogens with two attached hydrogens (primary N) is 1. The van der Waals surface area contributed by atoms with Crippen molar-refractivity contribution in [3.05, 3.63) is 54.2 Å². The summed E-state index contributed by atoms with van der Waals surface area (Å²) in [5.74, 6) is 0.878. The molecule has 1 aliphatic heterocycles. The van der Waals surface area contributed by atoms with E-state index >= 15 is 0 Å². The van der Waals surface area contributed by atoms with Crippen molar-refractivity contribution in [2.45, 2.75) is 24.3 Å². The minimum absolute atomic E-state index is 0.257. The predicted molar refractivity (Wildman–Crippen MR) is 97.6 cm³/mol. The van der Waals surface area contributed by atoms with Gasteiger partial charge in [-0.1, -0.05) is 18.2 Å². The molecule has 1 aromatic carbocycles. The number of sulfonamides is 1. The third-order valence-corrected chi connectivity index (χ3v) is 5.89. The summed E-state index contributed by atoms with van der Waals surface area (Å²) < 4.78 is 26.5. The maximum Gasteiger partial charge on any atom is 0.243 e. The Kier molecular flexibility index (Phi) is 5.30. The Bertz CT molecular complexity index is 829. The SMILES string of the molecule is NC(=NCc1ccc(S(=O)(=O)N2CCCC2)cc1)Nc1ccccn1. The first kappa shape index (κ1) is 17.4. The molecule has 25 heavy (non-hydrogen) atoms. The number of rotatable bonds is 5. The van der Waals surface area contributed by atoms with Crippen LogP contribution in [0.15, 0.2) is 58.5 Å². The maximum atomic E-state index is 12.5. The zero-order chi connectivity index (χ0) is 17.7. The second kappa shape index (κ2) is 7.62. The molecule has 2 heterocycles. The number of aromatic nitrogens is 1. The largest absolute Gasteiger partial charge is 0.370 e. The molecule has 1 aliphatic rings. The lowest BCUT2D eigenvalue weighted by molar-refractivity contribution is 0.477. The van der Waals surface area contributed by atoms with Crippen molar-refractivity contribution >= 4 is 21.8 Å². The number of anilines is 1. The van der Waals surface area contributed by atoms with E-state index in [2.05, 4.69) is 15.3 Å². The van der Waals surface area contributed by atoms with Crippen LogP contribution in [-0.4, -0.2) is 36.8 Å². The van der Waals surface area contributed by atoms with Crippen molar-refractivity contribution in [2.75, 3.05) is 18.4 Å². The van der Waals surface area contributed by atoms with Gasteiger partial charge in [0.25, 0.3) is 0 Å². The zero-order valence-corrected chi connectivity index (χ0v) is 14.6. The number of hydrogen-bond donors (Lipinski definition) is 2. The normalized spacial score (nSPS) is 16.1. The Hall–Kier alpha value is -2.45. The molecule has 0 amide bonds. The monoisotopic (exact) mass is 359 g/mol. The van der Waals surface area contributed by atoms with E-state index in [9.17, 15) is 8.42 Å². The molecular formula is C17H21N5O2S. The number of aliphatic imine (C=N–C) groups is 1. The fraction of sp³-hybridized carbons (Fsp3) is 0.294. The van der Waals surface area contributed by atoms with Crippen LogP contribution in [0.4, 0.5) is 5.82 Å². The summed E-state index contributed by atoms with van der Waals surface area (Å²) in [6.07, 6.45) is 3.51. The molecule has 0 radical (unpaired) electrons. The lowest BCUT2D eigenvalue weighted by Crippen LogP contribution is -2.27. The van der Waals surface area contributed by atoms with E-state index in [-0.39, 0.29) is 5.96 Å². The van der Waals surface area contributed by atoms with E-state index in [0.717, 1.165) is 18.4 Å². The van der Waals surface area contributed by atoms with E-state index in [4.69, 9.17) is 5.73 Å². The minimum Gasteiger partial charge on any atom is -0.370 e. The molecular weight excluding hydrogens is 338 g/mol. The van der Waals surface area contributed by atoms with Gasteiger partial charge in [-0.25, -0.2) is 18.4 Å². The van der Waals surface area contributed by atoms with Crippen LogP contribution in [0.1, 0.15) is 18.4 Å². The fourth-order valence-electron chi connectivity index (χ4n) is 2.63. The highest BCUT2D eigenvalue weighted by molar-refractivity contribution is 7.89. The number of pyridine rings is 1. The van der Waals surface area contributed by atoms with E-state index < -0.39 is 10.0 Å². The van der Waals surface area contributed by atoms with Crippen LogP contribution in [0.3, 0.4) is 0 Å². The quantitative estimate of drug-likeness (QED) is 0.626. The third kappa shape index (κ3) is 4.34. The summed E-state index contributed by atoms with van der Waals surface area (Å²) in [5, 5.41) is 2.90. The Morgan fingerprint density at radius 1 is 1.16 bits per heavy atom. The van der Waals surface area contributed by atoms with E-state index in [0.29, 0.717) is 30.3 Å². The van der Waals surface area contributed by atoms with Gasteiger partial charge in [-0.05, 0) is 42.7 Å². The standard InChI is InChI=1S/C17H21N5O2S/c18-17(21-16-5-1-2-10-19-16)20-13-14-6-8-15(9-7-14)25(23,24)22-11-3-4-12-22/h1-2,5-10H,3-4,11-13H2,(H3,18,19,20,21). The van der Waals surface area contributed by atoms with Crippen molar-refractivity contribution in [1.82, 2.24) is 9.29 Å². The van der Waals surface area contributed by atoms with E-state index in [1.807, 2.05) is 12.1 Å². The topological polar surface area (TPSA) is 101 Å². The Morgan fingerprint density at radius 3 is 2.52 bits per heavy atom. The van der Waals surface area contributed by atoms with Gasteiger partial charge in [0.2, 0.25) is 10.0 Å². The highest BCUT2D eigenvalue weighted by Gasteiger charge is 2.26. The van der Waals surface area contributed by atoms with Crippen LogP contribution < -0.4 is 11.1 Å². The molecule has 0 bridgehead atoms. The molecule has 1 aromatic heterocycles. The molecule has 1 saturated heterocycles. The second-order valence-electron chi connectivity index (χ2n) is 5.80. The first-order chi connectivity index (χ1) is 12.1. The first-order valence-electron chi connectivity index (χ1n) is 8.13. The van der Waals surface area contributed by atoms with Crippen LogP contribution in [0.5, 0.6) is 0 Å². The Morgan fingerprint density at radius 2 is 1.88 bits per heavy atom. The Balaban J connectivity index is 1.63. The van der Waals surface area contributed by atoms with Gasteiger partial charge < -0.3 is 11.1 Å². The summed E-state index contributed by atoms with van der Waals surface area (Å²) in [6.45, 7) is 1.56. The Labute approximate surface area is 147 Å². The van der Waals surface area contributed by atoms with Crippen LogP contribution in [0, 0.1) is 0 Å². The van der Waals surface area contributed by atoms with Gasteiger partial charge in [-0.3, -0.25) is 0 Å². The first-order valence-corrected chi connectivity index (χ1v) is 9.57. The smallest absolute Gasteiger partial charge is 0.243 e. The fourth-order valence-corrected chi connectivity index (χ4v) is 4.15. The number of benzene rings is 1. The van der Waals surface area contributed by atoms with Crippen LogP contribution in [-0.2, 0) is 16.6 Å². The summed E-state index contributed by atoms with van der Waals surface area (Å²) in [5.41, 5.74) is 6.71. The number of hydrogen-bond acceptors (Lipinski definition) is 4. The molecule has 2 aromatic rings. The lowest BCUT2D eigenvalue weighted by Gasteiger charge is -2.15. The van der Waals surface area contributed by atoms with Crippen molar-refractivity contribution in [3.8, 4) is 0 Å². The van der Waals surface area contributed by atoms with Gasteiger partial charge >= 0.3 is 0 Å². The number of nitrogens with zero attached hydrogens (tertiary/aromatic N) is 3. The van der Waals surface area contributed by atoms with Gasteiger partial charge in [0.1, 0.15) is 5.82 Å². The van der Waals surface area contributed by atoms with E-state index in [1.165, 1.54) is 4.31 Å². The molecule has 1 fully saturated rings. The minimum atomic E-state index is -3.38. The van der Waals surface area contributed by atoms with Crippen molar-refractivity contribution in [3.63, 3.8) is 0 Å². The average Bonchev–Trinajstić information content (AvgIpc) is 3.17. The average molecular weight is 359 g/mol.